The molecule has 19 heavy (non-hydrogen) atoms. The van der Waals surface area contributed by atoms with E-state index in [-0.39, 0.29) is 5.91 Å². The van der Waals surface area contributed by atoms with Crippen molar-refractivity contribution in [3.63, 3.8) is 0 Å². The molecule has 0 saturated heterocycles. The molecule has 0 aromatic carbocycles. The number of carbonyl (C=O) groups excluding carboxylic acids is 1. The van der Waals surface area contributed by atoms with Gasteiger partial charge in [-0.3, -0.25) is 4.79 Å². The van der Waals surface area contributed by atoms with Crippen LogP contribution in [0.15, 0.2) is 0 Å². The Morgan fingerprint density at radius 2 is 1.68 bits per heavy atom. The molecule has 0 aromatic heterocycles. The summed E-state index contributed by atoms with van der Waals surface area (Å²) >= 11 is 0. The topological polar surface area (TPSA) is 55.1 Å². The summed E-state index contributed by atoms with van der Waals surface area (Å²) in [5, 5.41) is 3.72. The summed E-state index contributed by atoms with van der Waals surface area (Å²) in [4.78, 5) is 12.2. The highest BCUT2D eigenvalue weighted by atomic mass is 16.1. The van der Waals surface area contributed by atoms with E-state index in [0.29, 0.717) is 17.9 Å². The zero-order chi connectivity index (χ0) is 13.9. The van der Waals surface area contributed by atoms with Gasteiger partial charge in [0.1, 0.15) is 5.54 Å². The van der Waals surface area contributed by atoms with Gasteiger partial charge in [-0.2, -0.15) is 0 Å². The quantitative estimate of drug-likeness (QED) is 0.772. The highest BCUT2D eigenvalue weighted by Gasteiger charge is 2.46. The maximum Gasteiger partial charge on any atom is 0.238 e. The molecular formula is C16H30N2O. The average Bonchev–Trinajstić information content (AvgIpc) is 2.62. The van der Waals surface area contributed by atoms with Crippen molar-refractivity contribution in [2.45, 2.75) is 83.2 Å². The Balaban J connectivity index is 2.11. The van der Waals surface area contributed by atoms with Gasteiger partial charge in [0.05, 0.1) is 0 Å². The molecule has 2 saturated carbocycles. The van der Waals surface area contributed by atoms with Gasteiger partial charge in [-0.1, -0.05) is 46.0 Å². The molecule has 0 radical (unpaired) electrons. The van der Waals surface area contributed by atoms with Crippen molar-refractivity contribution in [3.05, 3.63) is 0 Å². The summed E-state index contributed by atoms with van der Waals surface area (Å²) in [6.45, 7) is 4.44. The molecule has 3 N–H and O–H groups in total. The van der Waals surface area contributed by atoms with Gasteiger partial charge in [0.2, 0.25) is 5.91 Å². The summed E-state index contributed by atoms with van der Waals surface area (Å²) in [6.07, 6.45) is 10.9. The third-order valence-corrected chi connectivity index (χ3v) is 5.36. The summed E-state index contributed by atoms with van der Waals surface area (Å²) < 4.78 is 0. The van der Waals surface area contributed by atoms with Gasteiger partial charge in [0.25, 0.3) is 0 Å². The van der Waals surface area contributed by atoms with Crippen LogP contribution in [0.4, 0.5) is 0 Å². The smallest absolute Gasteiger partial charge is 0.238 e. The summed E-state index contributed by atoms with van der Waals surface area (Å²) in [5.41, 5.74) is 5.36. The fraction of sp³-hybridized carbons (Fsp3) is 0.938. The highest BCUT2D eigenvalue weighted by Crippen LogP contribution is 2.38. The number of nitrogens with one attached hydrogen (secondary N) is 1. The lowest BCUT2D eigenvalue weighted by Gasteiger charge is -2.45. The molecular weight excluding hydrogens is 236 g/mol. The van der Waals surface area contributed by atoms with Crippen LogP contribution in [0.25, 0.3) is 0 Å². The van der Waals surface area contributed by atoms with Gasteiger partial charge >= 0.3 is 0 Å². The summed E-state index contributed by atoms with van der Waals surface area (Å²) in [7, 11) is 0. The van der Waals surface area contributed by atoms with E-state index in [2.05, 4.69) is 19.2 Å². The monoisotopic (exact) mass is 266 g/mol. The van der Waals surface area contributed by atoms with E-state index in [4.69, 9.17) is 5.73 Å². The minimum absolute atomic E-state index is 0.129. The van der Waals surface area contributed by atoms with Crippen LogP contribution in [0, 0.1) is 11.8 Å². The van der Waals surface area contributed by atoms with Crippen LogP contribution in [-0.4, -0.2) is 17.5 Å². The van der Waals surface area contributed by atoms with Crippen molar-refractivity contribution in [1.29, 1.82) is 0 Å². The van der Waals surface area contributed by atoms with Crippen molar-refractivity contribution < 1.29 is 4.79 Å². The molecule has 3 nitrogen and oxygen atoms in total. The van der Waals surface area contributed by atoms with Crippen LogP contribution in [0.3, 0.4) is 0 Å². The predicted molar refractivity (Wildman–Crippen MR) is 78.7 cm³/mol. The molecule has 3 heteroatoms. The molecule has 3 unspecified atom stereocenters. The fourth-order valence-electron chi connectivity index (χ4n) is 4.04. The molecule has 0 bridgehead atoms. The van der Waals surface area contributed by atoms with Gasteiger partial charge < -0.3 is 11.1 Å². The third-order valence-electron chi connectivity index (χ3n) is 5.36. The van der Waals surface area contributed by atoms with E-state index in [0.717, 1.165) is 12.8 Å². The lowest BCUT2D eigenvalue weighted by molar-refractivity contribution is -0.129. The number of carbonyl (C=O) groups is 1. The molecule has 2 aliphatic rings. The van der Waals surface area contributed by atoms with Crippen LogP contribution in [0.2, 0.25) is 0 Å². The van der Waals surface area contributed by atoms with Crippen LogP contribution in [-0.2, 0) is 4.79 Å². The number of primary amides is 1. The van der Waals surface area contributed by atoms with Gasteiger partial charge in [-0.05, 0) is 37.5 Å². The average molecular weight is 266 g/mol. The minimum Gasteiger partial charge on any atom is -0.368 e. The van der Waals surface area contributed by atoms with Crippen LogP contribution < -0.4 is 11.1 Å². The maximum atomic E-state index is 12.2. The number of amides is 1. The van der Waals surface area contributed by atoms with E-state index in [1.54, 1.807) is 0 Å². The largest absolute Gasteiger partial charge is 0.368 e. The van der Waals surface area contributed by atoms with Crippen LogP contribution in [0.1, 0.15) is 71.6 Å². The fourth-order valence-corrected chi connectivity index (χ4v) is 4.04. The van der Waals surface area contributed by atoms with E-state index < -0.39 is 5.54 Å². The van der Waals surface area contributed by atoms with Crippen LogP contribution >= 0.6 is 0 Å². The molecule has 0 aromatic rings. The Morgan fingerprint density at radius 3 is 2.26 bits per heavy atom. The molecule has 2 aliphatic carbocycles. The number of hydrogen-bond donors (Lipinski definition) is 2. The highest BCUT2D eigenvalue weighted by molar-refractivity contribution is 5.85. The van der Waals surface area contributed by atoms with Gasteiger partial charge in [0.15, 0.2) is 0 Å². The Hall–Kier alpha value is -0.570. The first kappa shape index (κ1) is 14.8. The standard InChI is InChI=1S/C16H30N2O/c1-12-9-10-13(2)16(11-12,15(17)19)18-14-7-5-3-4-6-8-14/h12-14,18H,3-11H2,1-2H3,(H2,17,19). The molecule has 2 fully saturated rings. The molecule has 0 aliphatic heterocycles. The molecule has 1 amide bonds. The lowest BCUT2D eigenvalue weighted by atomic mass is 9.68. The molecule has 2 rings (SSSR count). The van der Waals surface area contributed by atoms with Crippen molar-refractivity contribution in [1.82, 2.24) is 5.32 Å². The Morgan fingerprint density at radius 1 is 1.05 bits per heavy atom. The second kappa shape index (κ2) is 6.25. The summed E-state index contributed by atoms with van der Waals surface area (Å²) in [5.74, 6) is 0.835. The second-order valence-corrected chi connectivity index (χ2v) is 6.96. The van der Waals surface area contributed by atoms with Gasteiger partial charge in [0, 0.05) is 6.04 Å². The van der Waals surface area contributed by atoms with Crippen molar-refractivity contribution in [3.8, 4) is 0 Å². The predicted octanol–water partition coefficient (Wildman–Crippen LogP) is 2.98. The first-order chi connectivity index (χ1) is 9.04. The first-order valence-corrected chi connectivity index (χ1v) is 8.12. The number of hydrogen-bond acceptors (Lipinski definition) is 2. The maximum absolute atomic E-state index is 12.2. The minimum atomic E-state index is -0.452. The molecule has 0 spiro atoms. The second-order valence-electron chi connectivity index (χ2n) is 6.96. The van der Waals surface area contributed by atoms with E-state index in [9.17, 15) is 4.79 Å². The molecule has 3 atom stereocenters. The van der Waals surface area contributed by atoms with Gasteiger partial charge in [-0.15, -0.1) is 0 Å². The Bertz CT molecular complexity index is 310. The van der Waals surface area contributed by atoms with Crippen LogP contribution in [0.5, 0.6) is 0 Å². The summed E-state index contributed by atoms with van der Waals surface area (Å²) in [6, 6.07) is 0.489. The van der Waals surface area contributed by atoms with Gasteiger partial charge in [-0.25, -0.2) is 0 Å². The van der Waals surface area contributed by atoms with Crippen molar-refractivity contribution in [2.75, 3.05) is 0 Å². The SMILES string of the molecule is CC1CCC(C)C(NC2CCCCCC2)(C(N)=O)C1. The van der Waals surface area contributed by atoms with E-state index in [1.807, 2.05) is 0 Å². The normalized spacial score (nSPS) is 37.8. The Labute approximate surface area is 117 Å². The van der Waals surface area contributed by atoms with Crippen molar-refractivity contribution >= 4 is 5.91 Å². The van der Waals surface area contributed by atoms with E-state index >= 15 is 0 Å². The zero-order valence-corrected chi connectivity index (χ0v) is 12.6. The number of rotatable bonds is 3. The Kier molecular flexibility index (Phi) is 4.88. The lowest BCUT2D eigenvalue weighted by Crippen LogP contribution is -2.64. The zero-order valence-electron chi connectivity index (χ0n) is 12.6. The first-order valence-electron chi connectivity index (χ1n) is 8.12. The van der Waals surface area contributed by atoms with E-state index in [1.165, 1.54) is 44.9 Å². The molecule has 0 heterocycles. The number of nitrogens with two attached hydrogens (primary N) is 1. The third kappa shape index (κ3) is 3.31. The van der Waals surface area contributed by atoms with Crippen molar-refractivity contribution in [2.24, 2.45) is 17.6 Å². The molecule has 110 valence electrons.